The van der Waals surface area contributed by atoms with Crippen molar-refractivity contribution < 1.29 is 9.13 Å². The van der Waals surface area contributed by atoms with Crippen molar-refractivity contribution in [3.63, 3.8) is 0 Å². The first kappa shape index (κ1) is 13.3. The zero-order chi connectivity index (χ0) is 15.1. The summed E-state index contributed by atoms with van der Waals surface area (Å²) in [5.41, 5.74) is 4.38. The van der Waals surface area contributed by atoms with Crippen LogP contribution in [0.15, 0.2) is 42.5 Å². The summed E-state index contributed by atoms with van der Waals surface area (Å²) >= 11 is 0. The van der Waals surface area contributed by atoms with Crippen molar-refractivity contribution in [3.8, 4) is 5.75 Å². The summed E-state index contributed by atoms with van der Waals surface area (Å²) in [6.45, 7) is 0.860. The number of H-pyrrole nitrogens is 1. The minimum Gasteiger partial charge on any atom is -0.496 e. The van der Waals surface area contributed by atoms with Crippen LogP contribution in [0.25, 0.3) is 10.9 Å². The summed E-state index contributed by atoms with van der Waals surface area (Å²) < 4.78 is 19.1. The fourth-order valence-corrected chi connectivity index (χ4v) is 3.37. The van der Waals surface area contributed by atoms with Gasteiger partial charge in [-0.2, -0.15) is 0 Å². The average molecular weight is 296 g/mol. The van der Waals surface area contributed by atoms with Crippen LogP contribution in [0.4, 0.5) is 4.39 Å². The summed E-state index contributed by atoms with van der Waals surface area (Å²) in [7, 11) is 1.68. The Hall–Kier alpha value is -2.33. The fraction of sp³-hybridized carbons (Fsp3) is 0.222. The number of para-hydroxylation sites is 1. The molecule has 0 radical (unpaired) electrons. The molecule has 4 rings (SSSR count). The van der Waals surface area contributed by atoms with E-state index in [0.717, 1.165) is 40.9 Å². The fourth-order valence-electron chi connectivity index (χ4n) is 3.37. The van der Waals surface area contributed by atoms with Gasteiger partial charge in [-0.15, -0.1) is 0 Å². The number of rotatable bonds is 2. The molecule has 2 N–H and O–H groups in total. The summed E-state index contributed by atoms with van der Waals surface area (Å²) in [6.07, 6.45) is 0.893. The van der Waals surface area contributed by atoms with E-state index < -0.39 is 0 Å². The largest absolute Gasteiger partial charge is 0.496 e. The van der Waals surface area contributed by atoms with E-state index in [1.54, 1.807) is 13.2 Å². The van der Waals surface area contributed by atoms with Crippen LogP contribution in [0.5, 0.6) is 5.75 Å². The molecule has 0 bridgehead atoms. The molecule has 1 aliphatic heterocycles. The molecule has 22 heavy (non-hydrogen) atoms. The molecule has 4 heteroatoms. The second kappa shape index (κ2) is 5.14. The molecule has 0 fully saturated rings. The Labute approximate surface area is 128 Å². The number of aromatic amines is 1. The van der Waals surface area contributed by atoms with Gasteiger partial charge in [-0.1, -0.05) is 18.2 Å². The van der Waals surface area contributed by atoms with Crippen molar-refractivity contribution in [1.29, 1.82) is 0 Å². The van der Waals surface area contributed by atoms with Crippen molar-refractivity contribution >= 4 is 10.9 Å². The molecule has 1 aromatic heterocycles. The second-order valence-corrected chi connectivity index (χ2v) is 5.59. The third-order valence-electron chi connectivity index (χ3n) is 4.36. The van der Waals surface area contributed by atoms with Gasteiger partial charge in [0.1, 0.15) is 11.6 Å². The van der Waals surface area contributed by atoms with Crippen molar-refractivity contribution in [2.45, 2.75) is 12.5 Å². The molecule has 0 aliphatic carbocycles. The Morgan fingerprint density at radius 3 is 2.91 bits per heavy atom. The number of fused-ring (bicyclic) bond motifs is 3. The molecule has 112 valence electrons. The van der Waals surface area contributed by atoms with E-state index in [1.165, 1.54) is 11.6 Å². The molecular formula is C18H17FN2O. The summed E-state index contributed by atoms with van der Waals surface area (Å²) in [5.74, 6) is 0.666. The standard InChI is InChI=1S/C18H17FN2O/c1-22-16-5-3-2-4-13(16)17-18-12(8-9-20-17)14-10-11(19)6-7-15(14)21-18/h2-7,10,17,20-21H,8-9H2,1H3. The highest BCUT2D eigenvalue weighted by Gasteiger charge is 2.27. The van der Waals surface area contributed by atoms with Gasteiger partial charge in [0, 0.05) is 28.7 Å². The van der Waals surface area contributed by atoms with Gasteiger partial charge in [0.15, 0.2) is 0 Å². The van der Waals surface area contributed by atoms with Crippen LogP contribution in [0.2, 0.25) is 0 Å². The van der Waals surface area contributed by atoms with Crippen LogP contribution >= 0.6 is 0 Å². The van der Waals surface area contributed by atoms with E-state index >= 15 is 0 Å². The lowest BCUT2D eigenvalue weighted by Crippen LogP contribution is -2.30. The third kappa shape index (κ3) is 1.99. The predicted molar refractivity (Wildman–Crippen MR) is 84.8 cm³/mol. The summed E-state index contributed by atoms with van der Waals surface area (Å²) in [6, 6.07) is 13.0. The molecule has 0 amide bonds. The van der Waals surface area contributed by atoms with E-state index in [-0.39, 0.29) is 11.9 Å². The van der Waals surface area contributed by atoms with Crippen LogP contribution < -0.4 is 10.1 Å². The normalized spacial score (nSPS) is 17.5. The number of methoxy groups -OCH3 is 1. The van der Waals surface area contributed by atoms with Crippen LogP contribution in [0.1, 0.15) is 22.9 Å². The molecular weight excluding hydrogens is 279 g/mol. The maximum atomic E-state index is 13.6. The van der Waals surface area contributed by atoms with Crippen LogP contribution in [-0.2, 0) is 6.42 Å². The highest BCUT2D eigenvalue weighted by Crippen LogP contribution is 2.36. The van der Waals surface area contributed by atoms with E-state index in [2.05, 4.69) is 16.4 Å². The maximum Gasteiger partial charge on any atom is 0.124 e. The van der Waals surface area contributed by atoms with E-state index in [0.29, 0.717) is 0 Å². The maximum absolute atomic E-state index is 13.6. The van der Waals surface area contributed by atoms with Gasteiger partial charge in [0.25, 0.3) is 0 Å². The quantitative estimate of drug-likeness (QED) is 0.759. The van der Waals surface area contributed by atoms with E-state index in [4.69, 9.17) is 4.74 Å². The monoisotopic (exact) mass is 296 g/mol. The molecule has 2 aromatic carbocycles. The first-order valence-electron chi connectivity index (χ1n) is 7.44. The number of halogens is 1. The lowest BCUT2D eigenvalue weighted by molar-refractivity contribution is 0.402. The Morgan fingerprint density at radius 2 is 2.05 bits per heavy atom. The number of hydrogen-bond donors (Lipinski definition) is 2. The number of benzene rings is 2. The van der Waals surface area contributed by atoms with Gasteiger partial charge >= 0.3 is 0 Å². The highest BCUT2D eigenvalue weighted by atomic mass is 19.1. The number of aromatic nitrogens is 1. The van der Waals surface area contributed by atoms with Crippen LogP contribution in [-0.4, -0.2) is 18.6 Å². The molecule has 1 aliphatic rings. The molecule has 3 nitrogen and oxygen atoms in total. The zero-order valence-corrected chi connectivity index (χ0v) is 12.3. The lowest BCUT2D eigenvalue weighted by Gasteiger charge is -2.26. The molecule has 0 saturated heterocycles. The highest BCUT2D eigenvalue weighted by molar-refractivity contribution is 5.85. The van der Waals surface area contributed by atoms with Gasteiger partial charge < -0.3 is 15.0 Å². The molecule has 2 heterocycles. The first-order chi connectivity index (χ1) is 10.8. The smallest absolute Gasteiger partial charge is 0.124 e. The van der Waals surface area contributed by atoms with Gasteiger partial charge in [0.05, 0.1) is 13.2 Å². The summed E-state index contributed by atoms with van der Waals surface area (Å²) in [5, 5.41) is 4.52. The number of hydrogen-bond acceptors (Lipinski definition) is 2. The average Bonchev–Trinajstić information content (AvgIpc) is 2.93. The zero-order valence-electron chi connectivity index (χ0n) is 12.3. The second-order valence-electron chi connectivity index (χ2n) is 5.59. The Bertz CT molecular complexity index is 840. The van der Waals surface area contributed by atoms with Crippen LogP contribution in [0, 0.1) is 5.82 Å². The molecule has 1 unspecified atom stereocenters. The molecule has 0 saturated carbocycles. The van der Waals surface area contributed by atoms with Crippen molar-refractivity contribution in [2.75, 3.05) is 13.7 Å². The lowest BCUT2D eigenvalue weighted by atomic mass is 9.94. The summed E-state index contributed by atoms with van der Waals surface area (Å²) in [4.78, 5) is 3.46. The Balaban J connectivity index is 1.90. The predicted octanol–water partition coefficient (Wildman–Crippen LogP) is 3.55. The molecule has 3 aromatic rings. The van der Waals surface area contributed by atoms with Crippen molar-refractivity contribution in [1.82, 2.24) is 10.3 Å². The minimum absolute atomic E-state index is 0.0374. The molecule has 1 atom stereocenters. The van der Waals surface area contributed by atoms with Gasteiger partial charge in [-0.05, 0) is 36.2 Å². The van der Waals surface area contributed by atoms with Gasteiger partial charge in [-0.25, -0.2) is 4.39 Å². The van der Waals surface area contributed by atoms with E-state index in [9.17, 15) is 4.39 Å². The first-order valence-corrected chi connectivity index (χ1v) is 7.44. The number of ether oxygens (including phenoxy) is 1. The molecule has 0 spiro atoms. The van der Waals surface area contributed by atoms with E-state index in [1.807, 2.05) is 24.3 Å². The topological polar surface area (TPSA) is 37.0 Å². The van der Waals surface area contributed by atoms with Crippen molar-refractivity contribution in [3.05, 3.63) is 65.1 Å². The Kier molecular flexibility index (Phi) is 3.12. The number of nitrogens with one attached hydrogen (secondary N) is 2. The van der Waals surface area contributed by atoms with Gasteiger partial charge in [-0.3, -0.25) is 0 Å². The van der Waals surface area contributed by atoms with Crippen molar-refractivity contribution in [2.24, 2.45) is 0 Å². The minimum atomic E-state index is -0.193. The SMILES string of the molecule is COc1ccccc1C1NCCc2c1[nH]c1ccc(F)cc21. The third-order valence-corrected chi connectivity index (χ3v) is 4.36. The Morgan fingerprint density at radius 1 is 1.18 bits per heavy atom. The van der Waals surface area contributed by atoms with Gasteiger partial charge in [0.2, 0.25) is 0 Å². The van der Waals surface area contributed by atoms with Crippen LogP contribution in [0.3, 0.4) is 0 Å².